The van der Waals surface area contributed by atoms with E-state index in [1.54, 1.807) is 17.1 Å². The maximum Gasteiger partial charge on any atom is 0.259 e. The highest BCUT2D eigenvalue weighted by Gasteiger charge is 2.20. The molecule has 1 saturated heterocycles. The van der Waals surface area contributed by atoms with Gasteiger partial charge in [0.25, 0.3) is 5.91 Å². The number of aromatic nitrogens is 4. The molecule has 5 rings (SSSR count). The summed E-state index contributed by atoms with van der Waals surface area (Å²) in [5.41, 5.74) is 3.34. The third kappa shape index (κ3) is 3.70. The van der Waals surface area contributed by atoms with Gasteiger partial charge in [-0.15, -0.1) is 0 Å². The van der Waals surface area contributed by atoms with Crippen molar-refractivity contribution in [1.82, 2.24) is 19.7 Å². The molecule has 1 aromatic carbocycles. The van der Waals surface area contributed by atoms with Crippen molar-refractivity contribution >= 4 is 28.1 Å². The van der Waals surface area contributed by atoms with Gasteiger partial charge >= 0.3 is 0 Å². The van der Waals surface area contributed by atoms with Crippen molar-refractivity contribution in [3.8, 4) is 5.82 Å². The van der Waals surface area contributed by atoms with Crippen molar-refractivity contribution in [2.45, 2.75) is 32.6 Å². The molecule has 1 aliphatic heterocycles. The Hall–Kier alpha value is -3.74. The molecule has 0 aliphatic carbocycles. The first kappa shape index (κ1) is 20.2. The molecule has 0 radical (unpaired) electrons. The van der Waals surface area contributed by atoms with E-state index in [-0.39, 0.29) is 5.91 Å². The van der Waals surface area contributed by atoms with E-state index in [4.69, 9.17) is 0 Å². The monoisotopic (exact) mass is 426 g/mol. The smallest absolute Gasteiger partial charge is 0.259 e. The second-order valence-electron chi connectivity index (χ2n) is 8.01. The molecule has 162 valence electrons. The minimum atomic E-state index is -0.181. The lowest BCUT2D eigenvalue weighted by molar-refractivity contribution is 0.102. The van der Waals surface area contributed by atoms with E-state index in [0.29, 0.717) is 17.8 Å². The summed E-state index contributed by atoms with van der Waals surface area (Å²) in [5.74, 6) is 0.517. The Labute approximate surface area is 187 Å². The van der Waals surface area contributed by atoms with Crippen molar-refractivity contribution in [3.05, 3.63) is 72.4 Å². The minimum absolute atomic E-state index is 0.181. The number of piperidine rings is 1. The molecule has 1 fully saturated rings. The fraction of sp³-hybridized carbons (Fsp3) is 0.280. The van der Waals surface area contributed by atoms with Crippen LogP contribution in [0.2, 0.25) is 0 Å². The van der Waals surface area contributed by atoms with Crippen LogP contribution in [0.4, 0.5) is 11.4 Å². The predicted molar refractivity (Wildman–Crippen MR) is 126 cm³/mol. The Bertz CT molecular complexity index is 1240. The summed E-state index contributed by atoms with van der Waals surface area (Å²) in [5, 5.41) is 9.59. The quantitative estimate of drug-likeness (QED) is 0.504. The number of hydrogen-bond donors (Lipinski definition) is 1. The molecular formula is C25H26N6O. The zero-order chi connectivity index (χ0) is 21.9. The minimum Gasteiger partial charge on any atom is -0.371 e. The Morgan fingerprint density at radius 1 is 1.00 bits per heavy atom. The summed E-state index contributed by atoms with van der Waals surface area (Å²) in [4.78, 5) is 24.4. The number of carbonyl (C=O) groups is 1. The first-order chi connectivity index (χ1) is 15.8. The van der Waals surface area contributed by atoms with Gasteiger partial charge < -0.3 is 10.2 Å². The Balaban J connectivity index is 1.48. The maximum atomic E-state index is 13.3. The first-order valence-electron chi connectivity index (χ1n) is 11.2. The van der Waals surface area contributed by atoms with Gasteiger partial charge in [-0.1, -0.05) is 13.0 Å². The van der Waals surface area contributed by atoms with Gasteiger partial charge in [0.2, 0.25) is 0 Å². The van der Waals surface area contributed by atoms with Gasteiger partial charge in [-0.2, -0.15) is 5.10 Å². The molecule has 0 bridgehead atoms. The molecule has 7 heteroatoms. The van der Waals surface area contributed by atoms with E-state index in [1.165, 1.54) is 24.9 Å². The molecule has 4 heterocycles. The summed E-state index contributed by atoms with van der Waals surface area (Å²) in [6, 6.07) is 11.8. The second-order valence-corrected chi connectivity index (χ2v) is 8.01. The molecule has 32 heavy (non-hydrogen) atoms. The largest absolute Gasteiger partial charge is 0.371 e. The average molecular weight is 427 g/mol. The third-order valence-corrected chi connectivity index (χ3v) is 6.05. The molecule has 0 atom stereocenters. The normalized spacial score (nSPS) is 14.0. The van der Waals surface area contributed by atoms with E-state index in [1.807, 2.05) is 49.6 Å². The van der Waals surface area contributed by atoms with E-state index in [0.717, 1.165) is 35.2 Å². The second kappa shape index (κ2) is 8.78. The van der Waals surface area contributed by atoms with E-state index < -0.39 is 0 Å². The molecule has 1 aliphatic rings. The fourth-order valence-electron chi connectivity index (χ4n) is 4.46. The van der Waals surface area contributed by atoms with Crippen LogP contribution >= 0.6 is 0 Å². The summed E-state index contributed by atoms with van der Waals surface area (Å²) in [6.45, 7) is 4.14. The number of carbonyl (C=O) groups excluding carboxylic acids is 1. The number of anilines is 2. The van der Waals surface area contributed by atoms with Crippen LogP contribution in [0.25, 0.3) is 16.6 Å². The van der Waals surface area contributed by atoms with Crippen LogP contribution < -0.4 is 10.2 Å². The fourth-order valence-corrected chi connectivity index (χ4v) is 4.46. The number of nitrogens with zero attached hydrogens (tertiary/aromatic N) is 5. The van der Waals surface area contributed by atoms with E-state index in [9.17, 15) is 4.79 Å². The number of pyridine rings is 2. The molecule has 7 nitrogen and oxygen atoms in total. The summed E-state index contributed by atoms with van der Waals surface area (Å²) >= 11 is 0. The van der Waals surface area contributed by atoms with Gasteiger partial charge in [-0.3, -0.25) is 9.78 Å². The van der Waals surface area contributed by atoms with Gasteiger partial charge in [-0.25, -0.2) is 9.67 Å². The van der Waals surface area contributed by atoms with Crippen molar-refractivity contribution < 1.29 is 4.79 Å². The highest BCUT2D eigenvalue weighted by molar-refractivity contribution is 6.11. The highest BCUT2D eigenvalue weighted by Crippen LogP contribution is 2.33. The van der Waals surface area contributed by atoms with Crippen molar-refractivity contribution in [2.75, 3.05) is 23.3 Å². The molecule has 4 aromatic rings. The van der Waals surface area contributed by atoms with Gasteiger partial charge in [0, 0.05) is 48.1 Å². The standard InChI is InChI=1S/C25H26N6O/c1-2-22-20(17-28-31(22)24-8-4-5-12-27-24)25(32)29-21-9-10-23(30-14-6-3-7-15-30)18-11-13-26-16-19(18)21/h4-5,8-13,16-17H,2-3,6-7,14-15H2,1H3,(H,29,32). The molecule has 1 amide bonds. The van der Waals surface area contributed by atoms with Crippen LogP contribution in [0.15, 0.2) is 61.2 Å². The molecule has 1 N–H and O–H groups in total. The molecular weight excluding hydrogens is 400 g/mol. The molecule has 0 unspecified atom stereocenters. The Kier molecular flexibility index (Phi) is 5.54. The maximum absolute atomic E-state index is 13.3. The molecule has 0 spiro atoms. The van der Waals surface area contributed by atoms with Crippen LogP contribution in [-0.4, -0.2) is 38.7 Å². The summed E-state index contributed by atoms with van der Waals surface area (Å²) < 4.78 is 1.73. The van der Waals surface area contributed by atoms with E-state index in [2.05, 4.69) is 31.3 Å². The lowest BCUT2D eigenvalue weighted by atomic mass is 10.0. The highest BCUT2D eigenvalue weighted by atomic mass is 16.1. The average Bonchev–Trinajstić information content (AvgIpc) is 3.30. The number of nitrogens with one attached hydrogen (secondary N) is 1. The number of benzene rings is 1. The molecule has 3 aromatic heterocycles. The zero-order valence-electron chi connectivity index (χ0n) is 18.2. The van der Waals surface area contributed by atoms with Gasteiger partial charge in [-0.05, 0) is 56.0 Å². The third-order valence-electron chi connectivity index (χ3n) is 6.05. The summed E-state index contributed by atoms with van der Waals surface area (Å²) in [7, 11) is 0. The topological polar surface area (TPSA) is 75.9 Å². The number of fused-ring (bicyclic) bond motifs is 1. The van der Waals surface area contributed by atoms with Gasteiger partial charge in [0.05, 0.1) is 23.1 Å². The zero-order valence-corrected chi connectivity index (χ0v) is 18.2. The lowest BCUT2D eigenvalue weighted by Crippen LogP contribution is -2.29. The van der Waals surface area contributed by atoms with Crippen molar-refractivity contribution in [1.29, 1.82) is 0 Å². The first-order valence-corrected chi connectivity index (χ1v) is 11.2. The van der Waals surface area contributed by atoms with Crippen LogP contribution in [0.3, 0.4) is 0 Å². The number of amides is 1. The van der Waals surface area contributed by atoms with E-state index >= 15 is 0 Å². The van der Waals surface area contributed by atoms with Crippen LogP contribution in [0, 0.1) is 0 Å². The Morgan fingerprint density at radius 2 is 1.88 bits per heavy atom. The van der Waals surface area contributed by atoms with Crippen LogP contribution in [0.5, 0.6) is 0 Å². The number of rotatable bonds is 5. The summed E-state index contributed by atoms with van der Waals surface area (Å²) in [6.07, 6.45) is 11.4. The van der Waals surface area contributed by atoms with Gasteiger partial charge in [0.1, 0.15) is 0 Å². The van der Waals surface area contributed by atoms with Crippen molar-refractivity contribution in [3.63, 3.8) is 0 Å². The van der Waals surface area contributed by atoms with Crippen LogP contribution in [-0.2, 0) is 6.42 Å². The van der Waals surface area contributed by atoms with Crippen molar-refractivity contribution in [2.24, 2.45) is 0 Å². The van der Waals surface area contributed by atoms with Crippen LogP contribution in [0.1, 0.15) is 42.2 Å². The number of hydrogen-bond acceptors (Lipinski definition) is 5. The molecule has 0 saturated carbocycles. The van der Waals surface area contributed by atoms with Gasteiger partial charge in [0.15, 0.2) is 5.82 Å². The SMILES string of the molecule is CCc1c(C(=O)Nc2ccc(N3CCCCC3)c3ccncc23)cnn1-c1ccccn1. The predicted octanol–water partition coefficient (Wildman–Crippen LogP) is 4.62. The Morgan fingerprint density at radius 3 is 2.66 bits per heavy atom. The lowest BCUT2D eigenvalue weighted by Gasteiger charge is -2.30.